The Hall–Kier alpha value is -4.05. The lowest BCUT2D eigenvalue weighted by Crippen LogP contribution is -2.53. The lowest BCUT2D eigenvalue weighted by molar-refractivity contribution is -0.140. The number of nitrogens with one attached hydrogen (secondary N) is 1. The molecule has 0 saturated carbocycles. The molecule has 4 aromatic rings. The summed E-state index contributed by atoms with van der Waals surface area (Å²) in [5, 5.41) is 3.58. The lowest BCUT2D eigenvalue weighted by atomic mass is 10.0. The number of hydrogen-bond acceptors (Lipinski definition) is 5. The van der Waals surface area contributed by atoms with Gasteiger partial charge in [0.2, 0.25) is 11.8 Å². The normalized spacial score (nSPS) is 11.8. The maximum absolute atomic E-state index is 14.5. The molecule has 0 aliphatic heterocycles. The van der Waals surface area contributed by atoms with Gasteiger partial charge in [0.15, 0.2) is 0 Å². The van der Waals surface area contributed by atoms with E-state index in [9.17, 15) is 18.0 Å². The van der Waals surface area contributed by atoms with Crippen LogP contribution in [0.25, 0.3) is 0 Å². The van der Waals surface area contributed by atoms with Crippen molar-refractivity contribution in [3.63, 3.8) is 0 Å². The standard InChI is InChI=1S/C35H37Cl2N3O5S/c1-4-38-35(42)33(21-26-9-7-6-8-10-26)39(23-27-13-14-28(36)22-32(27)37)34(41)24-40(29-15-11-25(3)12-16-29)46(43,44)31-19-17-30(18-20-31)45-5-2/h6-20,22,33H,4-5,21,23-24H2,1-3H3,(H,38,42). The van der Waals surface area contributed by atoms with Gasteiger partial charge in [0, 0.05) is 29.6 Å². The number of likely N-dealkylation sites (N-methyl/N-ethyl adjacent to an activating group) is 1. The van der Waals surface area contributed by atoms with Crippen molar-refractivity contribution in [1.29, 1.82) is 0 Å². The Bertz CT molecular complexity index is 1730. The number of benzene rings is 4. The number of hydrogen-bond donors (Lipinski definition) is 1. The van der Waals surface area contributed by atoms with Crippen molar-refractivity contribution in [3.05, 3.63) is 124 Å². The third-order valence-corrected chi connectivity index (χ3v) is 9.68. The van der Waals surface area contributed by atoms with Gasteiger partial charge in [-0.25, -0.2) is 8.42 Å². The molecule has 0 heterocycles. The molecule has 11 heteroatoms. The van der Waals surface area contributed by atoms with Crippen molar-refractivity contribution >= 4 is 50.7 Å². The van der Waals surface area contributed by atoms with Crippen LogP contribution in [-0.4, -0.2) is 50.9 Å². The first-order chi connectivity index (χ1) is 22.0. The average Bonchev–Trinajstić information content (AvgIpc) is 3.04. The van der Waals surface area contributed by atoms with Gasteiger partial charge in [-0.1, -0.05) is 77.3 Å². The topological polar surface area (TPSA) is 96.0 Å². The summed E-state index contributed by atoms with van der Waals surface area (Å²) in [6.07, 6.45) is 0.194. The summed E-state index contributed by atoms with van der Waals surface area (Å²) >= 11 is 12.7. The fourth-order valence-corrected chi connectivity index (χ4v) is 6.80. The highest BCUT2D eigenvalue weighted by molar-refractivity contribution is 7.92. The Balaban J connectivity index is 1.80. The predicted molar refractivity (Wildman–Crippen MR) is 183 cm³/mol. The van der Waals surface area contributed by atoms with Crippen molar-refractivity contribution in [1.82, 2.24) is 10.2 Å². The van der Waals surface area contributed by atoms with Gasteiger partial charge in [0.25, 0.3) is 10.0 Å². The van der Waals surface area contributed by atoms with Crippen LogP contribution in [0.4, 0.5) is 5.69 Å². The minimum atomic E-state index is -4.24. The molecular weight excluding hydrogens is 645 g/mol. The van der Waals surface area contributed by atoms with E-state index in [4.69, 9.17) is 27.9 Å². The molecule has 242 valence electrons. The summed E-state index contributed by atoms with van der Waals surface area (Å²) in [6, 6.07) is 26.2. The Morgan fingerprint density at radius 3 is 2.17 bits per heavy atom. The van der Waals surface area contributed by atoms with Crippen LogP contribution in [0.1, 0.15) is 30.5 Å². The van der Waals surface area contributed by atoms with Gasteiger partial charge >= 0.3 is 0 Å². The highest BCUT2D eigenvalue weighted by Gasteiger charge is 2.34. The molecule has 0 aliphatic carbocycles. The first-order valence-electron chi connectivity index (χ1n) is 14.9. The van der Waals surface area contributed by atoms with Gasteiger partial charge in [-0.05, 0) is 80.4 Å². The summed E-state index contributed by atoms with van der Waals surface area (Å²) in [4.78, 5) is 29.5. The van der Waals surface area contributed by atoms with Crippen molar-refractivity contribution in [2.75, 3.05) is 24.0 Å². The Morgan fingerprint density at radius 1 is 0.891 bits per heavy atom. The van der Waals surface area contributed by atoms with E-state index in [1.807, 2.05) is 44.2 Å². The predicted octanol–water partition coefficient (Wildman–Crippen LogP) is 6.67. The number of aryl methyl sites for hydroxylation is 1. The van der Waals surface area contributed by atoms with Gasteiger partial charge in [-0.3, -0.25) is 13.9 Å². The Kier molecular flexibility index (Phi) is 12.1. The largest absolute Gasteiger partial charge is 0.494 e. The number of carbonyl (C=O) groups excluding carboxylic acids is 2. The minimum absolute atomic E-state index is 0.0128. The number of sulfonamides is 1. The molecule has 1 N–H and O–H groups in total. The molecule has 0 aromatic heterocycles. The molecule has 46 heavy (non-hydrogen) atoms. The van der Waals surface area contributed by atoms with Crippen molar-refractivity contribution in [2.45, 2.75) is 44.7 Å². The molecule has 8 nitrogen and oxygen atoms in total. The molecule has 0 bridgehead atoms. The first kappa shape index (κ1) is 34.8. The fraction of sp³-hybridized carbons (Fsp3) is 0.257. The second kappa shape index (κ2) is 16.0. The zero-order chi connectivity index (χ0) is 33.3. The molecule has 4 rings (SSSR count). The summed E-state index contributed by atoms with van der Waals surface area (Å²) < 4.78 is 34.9. The number of nitrogens with zero attached hydrogens (tertiary/aromatic N) is 2. The molecule has 1 atom stereocenters. The summed E-state index contributed by atoms with van der Waals surface area (Å²) in [6.45, 7) is 5.66. The van der Waals surface area contributed by atoms with E-state index in [0.29, 0.717) is 40.2 Å². The van der Waals surface area contributed by atoms with Crippen LogP contribution in [0.3, 0.4) is 0 Å². The molecule has 1 unspecified atom stereocenters. The molecule has 0 saturated heterocycles. The number of ether oxygens (including phenoxy) is 1. The number of anilines is 1. The molecular formula is C35H37Cl2N3O5S. The summed E-state index contributed by atoms with van der Waals surface area (Å²) in [5.74, 6) is -0.439. The molecule has 0 fully saturated rings. The van der Waals surface area contributed by atoms with E-state index < -0.39 is 28.5 Å². The highest BCUT2D eigenvalue weighted by atomic mass is 35.5. The second-order valence-corrected chi connectivity index (χ2v) is 13.3. The Morgan fingerprint density at radius 2 is 1.57 bits per heavy atom. The number of amides is 2. The van der Waals surface area contributed by atoms with Gasteiger partial charge in [-0.15, -0.1) is 0 Å². The van der Waals surface area contributed by atoms with Crippen molar-refractivity contribution < 1.29 is 22.7 Å². The third-order valence-electron chi connectivity index (χ3n) is 7.30. The average molecular weight is 683 g/mol. The van der Waals surface area contributed by atoms with Gasteiger partial charge < -0.3 is 15.0 Å². The van der Waals surface area contributed by atoms with Crippen molar-refractivity contribution in [2.24, 2.45) is 0 Å². The zero-order valence-electron chi connectivity index (χ0n) is 26.0. The maximum Gasteiger partial charge on any atom is 0.264 e. The van der Waals surface area contributed by atoms with Gasteiger partial charge in [0.05, 0.1) is 17.2 Å². The van der Waals surface area contributed by atoms with Crippen LogP contribution in [0.15, 0.2) is 102 Å². The van der Waals surface area contributed by atoms with E-state index in [-0.39, 0.29) is 23.8 Å². The lowest BCUT2D eigenvalue weighted by Gasteiger charge is -2.34. The van der Waals surface area contributed by atoms with E-state index in [2.05, 4.69) is 5.32 Å². The minimum Gasteiger partial charge on any atom is -0.494 e. The van der Waals surface area contributed by atoms with E-state index in [1.54, 1.807) is 61.5 Å². The van der Waals surface area contributed by atoms with E-state index in [1.165, 1.54) is 17.0 Å². The smallest absolute Gasteiger partial charge is 0.264 e. The van der Waals surface area contributed by atoms with Crippen LogP contribution < -0.4 is 14.4 Å². The molecule has 0 spiro atoms. The van der Waals surface area contributed by atoms with E-state index >= 15 is 0 Å². The number of carbonyl (C=O) groups is 2. The Labute approximate surface area is 280 Å². The van der Waals surface area contributed by atoms with Crippen molar-refractivity contribution in [3.8, 4) is 5.75 Å². The molecule has 0 radical (unpaired) electrons. The fourth-order valence-electron chi connectivity index (χ4n) is 4.92. The van der Waals surface area contributed by atoms with Crippen LogP contribution in [0, 0.1) is 6.92 Å². The molecule has 2 amide bonds. The van der Waals surface area contributed by atoms with Gasteiger partial charge in [0.1, 0.15) is 18.3 Å². The third kappa shape index (κ3) is 8.81. The monoisotopic (exact) mass is 681 g/mol. The first-order valence-corrected chi connectivity index (χ1v) is 17.1. The highest BCUT2D eigenvalue weighted by Crippen LogP contribution is 2.28. The van der Waals surface area contributed by atoms with Crippen LogP contribution >= 0.6 is 23.2 Å². The number of halogens is 2. The quantitative estimate of drug-likeness (QED) is 0.160. The zero-order valence-corrected chi connectivity index (χ0v) is 28.3. The van der Waals surface area contributed by atoms with Crippen LogP contribution in [0.2, 0.25) is 10.0 Å². The van der Waals surface area contributed by atoms with Gasteiger partial charge in [-0.2, -0.15) is 0 Å². The summed E-state index contributed by atoms with van der Waals surface area (Å²) in [7, 11) is -4.24. The number of rotatable bonds is 14. The van der Waals surface area contributed by atoms with Crippen LogP contribution in [-0.2, 0) is 32.6 Å². The maximum atomic E-state index is 14.5. The van der Waals surface area contributed by atoms with E-state index in [0.717, 1.165) is 15.4 Å². The molecule has 4 aromatic carbocycles. The summed E-state index contributed by atoms with van der Waals surface area (Å²) in [5.41, 5.74) is 2.61. The van der Waals surface area contributed by atoms with Crippen LogP contribution in [0.5, 0.6) is 5.75 Å². The SMILES string of the molecule is CCNC(=O)C(Cc1ccccc1)N(Cc1ccc(Cl)cc1Cl)C(=O)CN(c1ccc(C)cc1)S(=O)(=O)c1ccc(OCC)cc1. The second-order valence-electron chi connectivity index (χ2n) is 10.6. The molecule has 0 aliphatic rings.